The summed E-state index contributed by atoms with van der Waals surface area (Å²) in [5.41, 5.74) is 6.76. The van der Waals surface area contributed by atoms with Crippen LogP contribution in [0.25, 0.3) is 0 Å². The molecule has 2 nitrogen and oxygen atoms in total. The second kappa shape index (κ2) is 7.01. The molecule has 0 saturated heterocycles. The van der Waals surface area contributed by atoms with Crippen LogP contribution in [0.3, 0.4) is 0 Å². The highest BCUT2D eigenvalue weighted by Gasteiger charge is 2.26. The van der Waals surface area contributed by atoms with Crippen molar-refractivity contribution >= 4 is 0 Å². The number of halogens is 1. The third kappa shape index (κ3) is 4.29. The second-order valence-corrected chi connectivity index (χ2v) is 5.88. The number of hydrogen-bond donors (Lipinski definition) is 1. The monoisotopic (exact) mass is 266 g/mol. The Labute approximate surface area is 116 Å². The Kier molecular flexibility index (Phi) is 5.95. The Balaban J connectivity index is 2.77. The summed E-state index contributed by atoms with van der Waals surface area (Å²) in [6.07, 6.45) is 2.22. The van der Waals surface area contributed by atoms with Crippen molar-refractivity contribution in [2.75, 3.05) is 20.1 Å². The highest BCUT2D eigenvalue weighted by molar-refractivity contribution is 5.20. The van der Waals surface area contributed by atoms with E-state index in [2.05, 4.69) is 18.7 Å². The van der Waals surface area contributed by atoms with Crippen molar-refractivity contribution in [3.8, 4) is 0 Å². The first-order valence-corrected chi connectivity index (χ1v) is 7.08. The Morgan fingerprint density at radius 2 is 2.00 bits per heavy atom. The molecule has 19 heavy (non-hydrogen) atoms. The van der Waals surface area contributed by atoms with Crippen molar-refractivity contribution in [2.24, 2.45) is 11.1 Å². The third-order valence-corrected chi connectivity index (χ3v) is 3.99. The van der Waals surface area contributed by atoms with E-state index in [1.807, 2.05) is 26.1 Å². The van der Waals surface area contributed by atoms with Gasteiger partial charge >= 0.3 is 0 Å². The smallest absolute Gasteiger partial charge is 0.127 e. The van der Waals surface area contributed by atoms with Crippen molar-refractivity contribution in [3.05, 3.63) is 35.6 Å². The molecule has 3 heteroatoms. The summed E-state index contributed by atoms with van der Waals surface area (Å²) in [7, 11) is 2.04. The molecule has 0 amide bonds. The molecule has 1 aromatic carbocycles. The van der Waals surface area contributed by atoms with Crippen molar-refractivity contribution in [3.63, 3.8) is 0 Å². The maximum absolute atomic E-state index is 13.8. The molecule has 0 radical (unpaired) electrons. The van der Waals surface area contributed by atoms with Crippen LogP contribution in [0, 0.1) is 11.2 Å². The van der Waals surface area contributed by atoms with Gasteiger partial charge in [0, 0.05) is 18.2 Å². The fraction of sp³-hybridized carbons (Fsp3) is 0.625. The Morgan fingerprint density at radius 3 is 2.53 bits per heavy atom. The van der Waals surface area contributed by atoms with Crippen molar-refractivity contribution < 1.29 is 4.39 Å². The minimum absolute atomic E-state index is 0.0592. The summed E-state index contributed by atoms with van der Waals surface area (Å²) in [6, 6.07) is 7.05. The number of nitrogens with zero attached hydrogens (tertiary/aromatic N) is 1. The Hall–Kier alpha value is -0.930. The molecule has 0 aromatic heterocycles. The molecule has 2 atom stereocenters. The van der Waals surface area contributed by atoms with Crippen LogP contribution in [-0.4, -0.2) is 25.0 Å². The standard InChI is InChI=1S/C16H27FN2/c1-5-10-16(3,11-18)12-19(4)13(2)14-8-6-7-9-15(14)17/h6-9,13H,5,10-12,18H2,1-4H3. The van der Waals surface area contributed by atoms with E-state index in [-0.39, 0.29) is 17.3 Å². The molecule has 1 rings (SSSR count). The van der Waals surface area contributed by atoms with E-state index in [1.165, 1.54) is 6.07 Å². The lowest BCUT2D eigenvalue weighted by Gasteiger charge is -2.36. The molecule has 1 aromatic rings. The lowest BCUT2D eigenvalue weighted by Crippen LogP contribution is -2.40. The fourth-order valence-corrected chi connectivity index (χ4v) is 2.64. The van der Waals surface area contributed by atoms with Gasteiger partial charge < -0.3 is 5.73 Å². The normalized spacial score (nSPS) is 16.4. The maximum atomic E-state index is 13.8. The van der Waals surface area contributed by atoms with Gasteiger partial charge in [-0.3, -0.25) is 4.90 Å². The van der Waals surface area contributed by atoms with Gasteiger partial charge in [0.2, 0.25) is 0 Å². The predicted molar refractivity (Wildman–Crippen MR) is 79.5 cm³/mol. The number of rotatable bonds is 7. The first-order chi connectivity index (χ1) is 8.93. The summed E-state index contributed by atoms with van der Waals surface area (Å²) in [4.78, 5) is 2.20. The maximum Gasteiger partial charge on any atom is 0.127 e. The van der Waals surface area contributed by atoms with E-state index in [0.29, 0.717) is 6.54 Å². The molecule has 0 bridgehead atoms. The molecule has 0 aliphatic rings. The summed E-state index contributed by atoms with van der Waals surface area (Å²) in [5.74, 6) is -0.133. The quantitative estimate of drug-likeness (QED) is 0.817. The molecular formula is C16H27FN2. The summed E-state index contributed by atoms with van der Waals surface area (Å²) >= 11 is 0. The molecule has 2 unspecified atom stereocenters. The third-order valence-electron chi connectivity index (χ3n) is 3.99. The number of hydrogen-bond acceptors (Lipinski definition) is 2. The average molecular weight is 266 g/mol. The van der Waals surface area contributed by atoms with Crippen LogP contribution in [0.15, 0.2) is 24.3 Å². The van der Waals surface area contributed by atoms with E-state index in [0.717, 1.165) is 24.9 Å². The summed E-state index contributed by atoms with van der Waals surface area (Å²) < 4.78 is 13.8. The van der Waals surface area contributed by atoms with Crippen LogP contribution >= 0.6 is 0 Å². The van der Waals surface area contributed by atoms with Crippen LogP contribution in [0.1, 0.15) is 45.2 Å². The Bertz CT molecular complexity index is 394. The summed E-state index contributed by atoms with van der Waals surface area (Å²) in [5, 5.41) is 0. The molecule has 0 heterocycles. The van der Waals surface area contributed by atoms with E-state index < -0.39 is 0 Å². The molecule has 0 fully saturated rings. The van der Waals surface area contributed by atoms with Gasteiger partial charge in [-0.05, 0) is 38.4 Å². The lowest BCUT2D eigenvalue weighted by molar-refractivity contribution is 0.149. The zero-order chi connectivity index (χ0) is 14.5. The minimum atomic E-state index is -0.133. The van der Waals surface area contributed by atoms with Crippen molar-refractivity contribution in [1.29, 1.82) is 0 Å². The van der Waals surface area contributed by atoms with Gasteiger partial charge in [-0.2, -0.15) is 0 Å². The predicted octanol–water partition coefficient (Wildman–Crippen LogP) is 3.58. The molecule has 0 aliphatic carbocycles. The van der Waals surface area contributed by atoms with Crippen LogP contribution in [0.2, 0.25) is 0 Å². The van der Waals surface area contributed by atoms with Gasteiger partial charge in [0.15, 0.2) is 0 Å². The van der Waals surface area contributed by atoms with Gasteiger partial charge in [-0.15, -0.1) is 0 Å². The van der Waals surface area contributed by atoms with Gasteiger partial charge in [0.25, 0.3) is 0 Å². The molecule has 2 N–H and O–H groups in total. The molecule has 0 aliphatic heterocycles. The van der Waals surface area contributed by atoms with E-state index in [9.17, 15) is 4.39 Å². The summed E-state index contributed by atoms with van der Waals surface area (Å²) in [6.45, 7) is 7.97. The van der Waals surface area contributed by atoms with Crippen LogP contribution in [0.5, 0.6) is 0 Å². The number of nitrogens with two attached hydrogens (primary N) is 1. The van der Waals surface area contributed by atoms with E-state index in [1.54, 1.807) is 6.07 Å². The Morgan fingerprint density at radius 1 is 1.37 bits per heavy atom. The zero-order valence-corrected chi connectivity index (χ0v) is 12.6. The molecular weight excluding hydrogens is 239 g/mol. The van der Waals surface area contributed by atoms with Gasteiger partial charge in [-0.25, -0.2) is 4.39 Å². The van der Waals surface area contributed by atoms with E-state index in [4.69, 9.17) is 5.73 Å². The zero-order valence-electron chi connectivity index (χ0n) is 12.6. The van der Waals surface area contributed by atoms with E-state index >= 15 is 0 Å². The largest absolute Gasteiger partial charge is 0.330 e. The van der Waals surface area contributed by atoms with Crippen molar-refractivity contribution in [2.45, 2.75) is 39.7 Å². The fourth-order valence-electron chi connectivity index (χ4n) is 2.64. The minimum Gasteiger partial charge on any atom is -0.330 e. The highest BCUT2D eigenvalue weighted by Crippen LogP contribution is 2.28. The first-order valence-electron chi connectivity index (χ1n) is 7.08. The van der Waals surface area contributed by atoms with Crippen LogP contribution in [-0.2, 0) is 0 Å². The van der Waals surface area contributed by atoms with Gasteiger partial charge in [-0.1, -0.05) is 38.5 Å². The van der Waals surface area contributed by atoms with Crippen molar-refractivity contribution in [1.82, 2.24) is 4.90 Å². The lowest BCUT2D eigenvalue weighted by atomic mass is 9.84. The first kappa shape index (κ1) is 16.1. The van der Waals surface area contributed by atoms with Crippen LogP contribution in [0.4, 0.5) is 4.39 Å². The topological polar surface area (TPSA) is 29.3 Å². The van der Waals surface area contributed by atoms with Gasteiger partial charge in [0.1, 0.15) is 5.82 Å². The number of benzene rings is 1. The molecule has 0 spiro atoms. The van der Waals surface area contributed by atoms with Crippen LogP contribution < -0.4 is 5.73 Å². The average Bonchev–Trinajstić information content (AvgIpc) is 2.38. The highest BCUT2D eigenvalue weighted by atomic mass is 19.1. The molecule has 108 valence electrons. The molecule has 0 saturated carbocycles. The van der Waals surface area contributed by atoms with Gasteiger partial charge in [0.05, 0.1) is 0 Å². The SMILES string of the molecule is CCCC(C)(CN)CN(C)C(C)c1ccccc1F. The second-order valence-electron chi connectivity index (χ2n) is 5.88.